The number of fused-ring (bicyclic) bond motifs is 1. The van der Waals surface area contributed by atoms with Crippen molar-refractivity contribution in [3.63, 3.8) is 0 Å². The molecule has 2 aromatic carbocycles. The summed E-state index contributed by atoms with van der Waals surface area (Å²) in [4.78, 5) is 0. The molecule has 3 nitrogen and oxygen atoms in total. The second-order valence-corrected chi connectivity index (χ2v) is 5.05. The van der Waals surface area contributed by atoms with E-state index in [9.17, 15) is 4.39 Å². The molecule has 1 aromatic heterocycles. The maximum atomic E-state index is 12.9. The summed E-state index contributed by atoms with van der Waals surface area (Å²) in [5.74, 6) is -0.195. The van der Waals surface area contributed by atoms with Crippen LogP contribution in [0.4, 0.5) is 10.1 Å². The van der Waals surface area contributed by atoms with Crippen molar-refractivity contribution in [2.45, 2.75) is 19.4 Å². The molecule has 3 aromatic rings. The van der Waals surface area contributed by atoms with Gasteiger partial charge in [0.25, 0.3) is 0 Å². The van der Waals surface area contributed by atoms with E-state index in [4.69, 9.17) is 0 Å². The third-order valence-electron chi connectivity index (χ3n) is 3.31. The Hall–Kier alpha value is -2.36. The van der Waals surface area contributed by atoms with Gasteiger partial charge in [-0.05, 0) is 49.2 Å². The number of aromatic nitrogens is 2. The summed E-state index contributed by atoms with van der Waals surface area (Å²) in [5, 5.41) is 11.5. The number of anilines is 1. The van der Waals surface area contributed by atoms with Gasteiger partial charge in [-0.15, -0.1) is 0 Å². The van der Waals surface area contributed by atoms with E-state index in [2.05, 4.69) is 28.5 Å². The van der Waals surface area contributed by atoms with E-state index < -0.39 is 0 Å². The number of H-pyrrole nitrogens is 1. The zero-order valence-electron chi connectivity index (χ0n) is 11.2. The zero-order valence-corrected chi connectivity index (χ0v) is 11.2. The monoisotopic (exact) mass is 269 g/mol. The Kier molecular flexibility index (Phi) is 3.37. The van der Waals surface area contributed by atoms with E-state index in [1.54, 1.807) is 0 Å². The number of rotatable bonds is 4. The first kappa shape index (κ1) is 12.7. The summed E-state index contributed by atoms with van der Waals surface area (Å²) >= 11 is 0. The van der Waals surface area contributed by atoms with E-state index in [-0.39, 0.29) is 11.9 Å². The molecule has 1 atom stereocenters. The Labute approximate surface area is 116 Å². The van der Waals surface area contributed by atoms with Crippen molar-refractivity contribution in [3.8, 4) is 0 Å². The summed E-state index contributed by atoms with van der Waals surface area (Å²) in [6, 6.07) is 13.0. The largest absolute Gasteiger partial charge is 0.382 e. The lowest BCUT2D eigenvalue weighted by molar-refractivity contribution is 0.626. The Bertz CT molecular complexity index is 703. The van der Waals surface area contributed by atoms with Crippen molar-refractivity contribution in [1.29, 1.82) is 0 Å². The SMILES string of the molecule is CC(Cc1ccc(F)cc1)Nc1ccc2[nH]ncc2c1. The van der Waals surface area contributed by atoms with E-state index in [1.165, 1.54) is 12.1 Å². The molecule has 0 amide bonds. The molecule has 0 fully saturated rings. The van der Waals surface area contributed by atoms with Gasteiger partial charge in [0, 0.05) is 17.1 Å². The third kappa shape index (κ3) is 2.79. The van der Waals surface area contributed by atoms with Gasteiger partial charge < -0.3 is 5.32 Å². The molecule has 2 N–H and O–H groups in total. The van der Waals surface area contributed by atoms with Gasteiger partial charge in [-0.25, -0.2) is 4.39 Å². The number of halogens is 1. The van der Waals surface area contributed by atoms with Crippen molar-refractivity contribution in [1.82, 2.24) is 10.2 Å². The fraction of sp³-hybridized carbons (Fsp3) is 0.188. The molecule has 0 aliphatic heterocycles. The molecule has 0 spiro atoms. The van der Waals surface area contributed by atoms with Gasteiger partial charge in [-0.2, -0.15) is 5.10 Å². The smallest absolute Gasteiger partial charge is 0.123 e. The Balaban J connectivity index is 1.68. The molecular formula is C16H16FN3. The first-order valence-electron chi connectivity index (χ1n) is 6.65. The summed E-state index contributed by atoms with van der Waals surface area (Å²) in [7, 11) is 0. The van der Waals surface area contributed by atoms with Gasteiger partial charge in [-0.3, -0.25) is 5.10 Å². The van der Waals surface area contributed by atoms with E-state index >= 15 is 0 Å². The third-order valence-corrected chi connectivity index (χ3v) is 3.31. The van der Waals surface area contributed by atoms with Crippen LogP contribution in [0.5, 0.6) is 0 Å². The van der Waals surface area contributed by atoms with Gasteiger partial charge >= 0.3 is 0 Å². The van der Waals surface area contributed by atoms with Crippen molar-refractivity contribution >= 4 is 16.6 Å². The second-order valence-electron chi connectivity index (χ2n) is 5.05. The predicted molar refractivity (Wildman–Crippen MR) is 79.3 cm³/mol. The molecule has 3 rings (SSSR count). The van der Waals surface area contributed by atoms with Gasteiger partial charge in [0.05, 0.1) is 11.7 Å². The van der Waals surface area contributed by atoms with Gasteiger partial charge in [0.15, 0.2) is 0 Å². The van der Waals surface area contributed by atoms with Crippen molar-refractivity contribution in [2.75, 3.05) is 5.32 Å². The molecule has 1 heterocycles. The fourth-order valence-electron chi connectivity index (χ4n) is 2.34. The first-order valence-corrected chi connectivity index (χ1v) is 6.65. The molecule has 0 saturated heterocycles. The summed E-state index contributed by atoms with van der Waals surface area (Å²) in [6.07, 6.45) is 2.66. The van der Waals surface area contributed by atoms with Crippen LogP contribution >= 0.6 is 0 Å². The fourth-order valence-corrected chi connectivity index (χ4v) is 2.34. The maximum absolute atomic E-state index is 12.9. The average Bonchev–Trinajstić information content (AvgIpc) is 2.89. The minimum Gasteiger partial charge on any atom is -0.382 e. The molecular weight excluding hydrogens is 253 g/mol. The first-order chi connectivity index (χ1) is 9.70. The van der Waals surface area contributed by atoms with Crippen LogP contribution in [0.25, 0.3) is 10.9 Å². The lowest BCUT2D eigenvalue weighted by atomic mass is 10.1. The van der Waals surface area contributed by atoms with Crippen LogP contribution in [0.2, 0.25) is 0 Å². The minimum absolute atomic E-state index is 0.195. The number of hydrogen-bond donors (Lipinski definition) is 2. The van der Waals surface area contributed by atoms with Crippen LogP contribution in [0.1, 0.15) is 12.5 Å². The van der Waals surface area contributed by atoms with Crippen molar-refractivity contribution in [2.24, 2.45) is 0 Å². The van der Waals surface area contributed by atoms with Crippen molar-refractivity contribution in [3.05, 3.63) is 60.0 Å². The molecule has 0 bridgehead atoms. The van der Waals surface area contributed by atoms with Crippen LogP contribution in [-0.4, -0.2) is 16.2 Å². The molecule has 0 radical (unpaired) electrons. The van der Waals surface area contributed by atoms with Crippen molar-refractivity contribution < 1.29 is 4.39 Å². The molecule has 0 aliphatic rings. The molecule has 4 heteroatoms. The normalized spacial score (nSPS) is 12.5. The van der Waals surface area contributed by atoms with E-state index in [0.717, 1.165) is 28.6 Å². The highest BCUT2D eigenvalue weighted by Crippen LogP contribution is 2.18. The molecule has 1 unspecified atom stereocenters. The number of aromatic amines is 1. The van der Waals surface area contributed by atoms with Gasteiger partial charge in [-0.1, -0.05) is 12.1 Å². The number of nitrogens with one attached hydrogen (secondary N) is 2. The Morgan fingerprint density at radius 3 is 2.80 bits per heavy atom. The second kappa shape index (κ2) is 5.33. The van der Waals surface area contributed by atoms with E-state index in [1.807, 2.05) is 30.5 Å². The number of hydrogen-bond acceptors (Lipinski definition) is 2. The predicted octanol–water partition coefficient (Wildman–Crippen LogP) is 3.75. The van der Waals surface area contributed by atoms with Crippen LogP contribution in [-0.2, 0) is 6.42 Å². The Morgan fingerprint density at radius 2 is 2.00 bits per heavy atom. The molecule has 0 saturated carbocycles. The van der Waals surface area contributed by atoms with Crippen LogP contribution < -0.4 is 5.32 Å². The summed E-state index contributed by atoms with van der Waals surface area (Å²) < 4.78 is 12.9. The highest BCUT2D eigenvalue weighted by Gasteiger charge is 2.05. The van der Waals surface area contributed by atoms with Crippen LogP contribution in [0, 0.1) is 5.82 Å². The quantitative estimate of drug-likeness (QED) is 0.757. The molecule has 102 valence electrons. The number of nitrogens with zero attached hydrogens (tertiary/aromatic N) is 1. The Morgan fingerprint density at radius 1 is 1.20 bits per heavy atom. The van der Waals surface area contributed by atoms with Crippen LogP contribution in [0.3, 0.4) is 0 Å². The molecule has 20 heavy (non-hydrogen) atoms. The lowest BCUT2D eigenvalue weighted by Gasteiger charge is -2.15. The maximum Gasteiger partial charge on any atom is 0.123 e. The highest BCUT2D eigenvalue weighted by atomic mass is 19.1. The topological polar surface area (TPSA) is 40.7 Å². The standard InChI is InChI=1S/C16H16FN3/c1-11(8-12-2-4-14(17)5-3-12)19-15-6-7-16-13(9-15)10-18-20-16/h2-7,9-11,19H,8H2,1H3,(H,18,20). The average molecular weight is 269 g/mol. The zero-order chi connectivity index (χ0) is 13.9. The lowest BCUT2D eigenvalue weighted by Crippen LogP contribution is -2.17. The minimum atomic E-state index is -0.195. The van der Waals surface area contributed by atoms with Gasteiger partial charge in [0.2, 0.25) is 0 Å². The summed E-state index contributed by atoms with van der Waals surface area (Å²) in [5.41, 5.74) is 3.21. The highest BCUT2D eigenvalue weighted by molar-refractivity contribution is 5.81. The van der Waals surface area contributed by atoms with Gasteiger partial charge in [0.1, 0.15) is 5.82 Å². The van der Waals surface area contributed by atoms with Crippen LogP contribution in [0.15, 0.2) is 48.7 Å². The summed E-state index contributed by atoms with van der Waals surface area (Å²) in [6.45, 7) is 2.11. The van der Waals surface area contributed by atoms with E-state index in [0.29, 0.717) is 0 Å². The number of benzene rings is 2. The molecule has 0 aliphatic carbocycles.